The van der Waals surface area contributed by atoms with Crippen molar-refractivity contribution in [1.82, 2.24) is 4.90 Å². The van der Waals surface area contributed by atoms with E-state index < -0.39 is 10.9 Å². The maximum Gasteiger partial charge on any atom is 0.338 e. The van der Waals surface area contributed by atoms with Gasteiger partial charge in [-0.1, -0.05) is 12.8 Å². The van der Waals surface area contributed by atoms with Crippen molar-refractivity contribution >= 4 is 17.6 Å². The van der Waals surface area contributed by atoms with Gasteiger partial charge in [-0.15, -0.1) is 0 Å². The van der Waals surface area contributed by atoms with E-state index in [-0.39, 0.29) is 35.4 Å². The van der Waals surface area contributed by atoms with Gasteiger partial charge in [-0.05, 0) is 44.6 Å². The summed E-state index contributed by atoms with van der Waals surface area (Å²) in [6.45, 7) is 2.50. The van der Waals surface area contributed by atoms with E-state index in [1.54, 1.807) is 6.92 Å². The van der Waals surface area contributed by atoms with Crippen LogP contribution in [-0.4, -0.2) is 40.9 Å². The Morgan fingerprint density at radius 2 is 1.85 bits per heavy atom. The number of carbonyl (C=O) groups excluding carboxylic acids is 2. The normalized spacial score (nSPS) is 22.4. The van der Waals surface area contributed by atoms with Gasteiger partial charge in [0.15, 0.2) is 0 Å². The largest absolute Gasteiger partial charge is 0.462 e. The molecule has 2 unspecified atom stereocenters. The van der Waals surface area contributed by atoms with Gasteiger partial charge in [0, 0.05) is 30.3 Å². The number of hydrogen-bond donors (Lipinski definition) is 0. The van der Waals surface area contributed by atoms with E-state index >= 15 is 0 Å². The molecule has 3 rings (SSSR count). The van der Waals surface area contributed by atoms with Crippen LogP contribution in [0.5, 0.6) is 0 Å². The molecule has 0 aromatic heterocycles. The molecule has 1 aliphatic heterocycles. The molecule has 7 heteroatoms. The van der Waals surface area contributed by atoms with Crippen molar-refractivity contribution in [2.45, 2.75) is 51.5 Å². The highest BCUT2D eigenvalue weighted by Crippen LogP contribution is 2.36. The van der Waals surface area contributed by atoms with Crippen molar-refractivity contribution in [2.75, 3.05) is 13.2 Å². The van der Waals surface area contributed by atoms with Gasteiger partial charge in [-0.3, -0.25) is 14.9 Å². The quantitative estimate of drug-likeness (QED) is 0.465. The Labute approximate surface area is 152 Å². The van der Waals surface area contributed by atoms with Crippen molar-refractivity contribution in [3.05, 3.63) is 39.4 Å². The number of hydrogen-bond acceptors (Lipinski definition) is 5. The Bertz CT molecular complexity index is 716. The number of nitrogens with zero attached hydrogens (tertiary/aromatic N) is 2. The Kier molecular flexibility index (Phi) is 5.54. The molecule has 0 radical (unpaired) electrons. The topological polar surface area (TPSA) is 89.8 Å². The summed E-state index contributed by atoms with van der Waals surface area (Å²) < 4.78 is 4.94. The van der Waals surface area contributed by atoms with Crippen molar-refractivity contribution < 1.29 is 19.2 Å². The third kappa shape index (κ3) is 3.71. The zero-order valence-electron chi connectivity index (χ0n) is 15.0. The fourth-order valence-corrected chi connectivity index (χ4v) is 4.22. The molecule has 1 saturated heterocycles. The van der Waals surface area contributed by atoms with Crippen LogP contribution in [0.25, 0.3) is 0 Å². The van der Waals surface area contributed by atoms with Crippen LogP contribution in [0.2, 0.25) is 0 Å². The van der Waals surface area contributed by atoms with E-state index in [4.69, 9.17) is 4.74 Å². The molecule has 1 amide bonds. The number of amides is 1. The average Bonchev–Trinajstić information content (AvgIpc) is 2.66. The summed E-state index contributed by atoms with van der Waals surface area (Å²) >= 11 is 0. The number of rotatable bonds is 4. The van der Waals surface area contributed by atoms with Crippen molar-refractivity contribution in [3.8, 4) is 0 Å². The number of nitro groups is 1. The molecule has 1 aromatic carbocycles. The third-order valence-corrected chi connectivity index (χ3v) is 5.39. The number of piperidine rings is 1. The monoisotopic (exact) mass is 360 g/mol. The lowest BCUT2D eigenvalue weighted by molar-refractivity contribution is -0.384. The number of non-ortho nitro benzene ring substituents is 1. The Morgan fingerprint density at radius 1 is 1.15 bits per heavy atom. The maximum atomic E-state index is 13.1. The first-order valence-electron chi connectivity index (χ1n) is 9.29. The lowest BCUT2D eigenvalue weighted by atomic mass is 9.78. The molecule has 7 nitrogen and oxygen atoms in total. The Morgan fingerprint density at radius 3 is 2.58 bits per heavy atom. The van der Waals surface area contributed by atoms with Gasteiger partial charge in [0.05, 0.1) is 17.1 Å². The van der Waals surface area contributed by atoms with E-state index in [0.717, 1.165) is 38.2 Å². The van der Waals surface area contributed by atoms with Crippen LogP contribution in [0.3, 0.4) is 0 Å². The Balaban J connectivity index is 1.92. The first-order chi connectivity index (χ1) is 12.5. The van der Waals surface area contributed by atoms with Crippen LogP contribution in [-0.2, 0) is 4.74 Å². The fourth-order valence-electron chi connectivity index (χ4n) is 4.22. The zero-order valence-corrected chi connectivity index (χ0v) is 15.0. The van der Waals surface area contributed by atoms with E-state index in [0.29, 0.717) is 12.5 Å². The highest BCUT2D eigenvalue weighted by molar-refractivity contribution is 5.99. The SMILES string of the molecule is CCOC(=O)c1cc(C(=O)N2CCCC3CCCCC32)cc([N+](=O)[O-])c1. The lowest BCUT2D eigenvalue weighted by Crippen LogP contribution is -2.49. The maximum absolute atomic E-state index is 13.1. The number of fused-ring (bicyclic) bond motifs is 1. The number of nitro benzene ring substituents is 1. The lowest BCUT2D eigenvalue weighted by Gasteiger charge is -2.44. The third-order valence-electron chi connectivity index (χ3n) is 5.39. The van der Waals surface area contributed by atoms with Gasteiger partial charge in [0.2, 0.25) is 0 Å². The van der Waals surface area contributed by atoms with E-state index in [1.807, 2.05) is 4.90 Å². The second-order valence-electron chi connectivity index (χ2n) is 7.00. The highest BCUT2D eigenvalue weighted by Gasteiger charge is 2.36. The number of carbonyl (C=O) groups is 2. The number of likely N-dealkylation sites (tertiary alicyclic amines) is 1. The summed E-state index contributed by atoms with van der Waals surface area (Å²) in [5.41, 5.74) is -0.0359. The van der Waals surface area contributed by atoms with E-state index in [2.05, 4.69) is 0 Å². The molecule has 1 saturated carbocycles. The first-order valence-corrected chi connectivity index (χ1v) is 9.29. The fraction of sp³-hybridized carbons (Fsp3) is 0.579. The molecule has 1 aromatic rings. The van der Waals surface area contributed by atoms with Crippen molar-refractivity contribution in [3.63, 3.8) is 0 Å². The summed E-state index contributed by atoms with van der Waals surface area (Å²) in [7, 11) is 0. The van der Waals surface area contributed by atoms with Crippen LogP contribution in [0.15, 0.2) is 18.2 Å². The molecule has 26 heavy (non-hydrogen) atoms. The summed E-state index contributed by atoms with van der Waals surface area (Å²) in [6.07, 6.45) is 6.51. The molecular weight excluding hydrogens is 336 g/mol. The minimum atomic E-state index is -0.653. The van der Waals surface area contributed by atoms with Crippen LogP contribution in [0.4, 0.5) is 5.69 Å². The highest BCUT2D eigenvalue weighted by atomic mass is 16.6. The smallest absolute Gasteiger partial charge is 0.338 e. The van der Waals surface area contributed by atoms with E-state index in [1.165, 1.54) is 18.6 Å². The van der Waals surface area contributed by atoms with Gasteiger partial charge >= 0.3 is 5.97 Å². The number of benzene rings is 1. The molecule has 0 bridgehead atoms. The predicted molar refractivity (Wildman–Crippen MR) is 95.1 cm³/mol. The average molecular weight is 360 g/mol. The number of ether oxygens (including phenoxy) is 1. The molecular formula is C19H24N2O5. The van der Waals surface area contributed by atoms with Crippen molar-refractivity contribution in [2.24, 2.45) is 5.92 Å². The van der Waals surface area contributed by atoms with Gasteiger partial charge in [-0.2, -0.15) is 0 Å². The minimum absolute atomic E-state index is 0.0432. The second kappa shape index (κ2) is 7.85. The summed E-state index contributed by atoms with van der Waals surface area (Å²) in [6, 6.07) is 4.04. The Hall–Kier alpha value is -2.44. The minimum Gasteiger partial charge on any atom is -0.462 e. The molecule has 1 heterocycles. The first kappa shape index (κ1) is 18.4. The molecule has 0 spiro atoms. The summed E-state index contributed by atoms with van der Waals surface area (Å²) in [4.78, 5) is 37.7. The van der Waals surface area contributed by atoms with Gasteiger partial charge in [0.1, 0.15) is 0 Å². The van der Waals surface area contributed by atoms with Crippen LogP contribution >= 0.6 is 0 Å². The number of esters is 1. The van der Waals surface area contributed by atoms with Crippen LogP contribution in [0.1, 0.15) is 66.2 Å². The molecule has 1 aliphatic carbocycles. The molecule has 2 fully saturated rings. The standard InChI is InChI=1S/C19H24N2O5/c1-2-26-19(23)15-10-14(11-16(12-15)21(24)25)18(22)20-9-5-7-13-6-3-4-8-17(13)20/h10-13,17H,2-9H2,1H3. The van der Waals surface area contributed by atoms with Gasteiger partial charge in [0.25, 0.3) is 11.6 Å². The van der Waals surface area contributed by atoms with E-state index in [9.17, 15) is 19.7 Å². The zero-order chi connectivity index (χ0) is 18.7. The molecule has 140 valence electrons. The molecule has 0 N–H and O–H groups in total. The summed E-state index contributed by atoms with van der Waals surface area (Å²) in [5.74, 6) is -0.361. The predicted octanol–water partition coefficient (Wildman–Crippen LogP) is 3.57. The van der Waals surface area contributed by atoms with Crippen LogP contribution in [0, 0.1) is 16.0 Å². The van der Waals surface area contributed by atoms with Gasteiger partial charge < -0.3 is 9.64 Å². The van der Waals surface area contributed by atoms with Gasteiger partial charge in [-0.25, -0.2) is 4.79 Å². The van der Waals surface area contributed by atoms with Crippen LogP contribution < -0.4 is 0 Å². The van der Waals surface area contributed by atoms with Crippen molar-refractivity contribution in [1.29, 1.82) is 0 Å². The second-order valence-corrected chi connectivity index (χ2v) is 7.00. The molecule has 2 atom stereocenters. The summed E-state index contributed by atoms with van der Waals surface area (Å²) in [5, 5.41) is 11.2. The molecule has 2 aliphatic rings.